The number of rotatable bonds is 6. The molecule has 21 heavy (non-hydrogen) atoms. The summed E-state index contributed by atoms with van der Waals surface area (Å²) >= 11 is 0. The van der Waals surface area contributed by atoms with Gasteiger partial charge >= 0.3 is 11.9 Å². The van der Waals surface area contributed by atoms with Gasteiger partial charge in [0.1, 0.15) is 23.3 Å². The molecule has 0 heterocycles. The van der Waals surface area contributed by atoms with Gasteiger partial charge in [-0.1, -0.05) is 0 Å². The van der Waals surface area contributed by atoms with Crippen molar-refractivity contribution in [1.82, 2.24) is 0 Å². The number of benzene rings is 1. The van der Waals surface area contributed by atoms with E-state index in [0.717, 1.165) is 12.1 Å². The monoisotopic (exact) mass is 305 g/mol. The van der Waals surface area contributed by atoms with Crippen LogP contribution in [-0.4, -0.2) is 37.8 Å². The molecule has 0 bridgehead atoms. The predicted octanol–water partition coefficient (Wildman–Crippen LogP) is 1.61. The molecule has 6 nitrogen and oxygen atoms in total. The zero-order valence-corrected chi connectivity index (χ0v) is 11.9. The van der Waals surface area contributed by atoms with Gasteiger partial charge in [0.15, 0.2) is 0 Å². The first kappa shape index (κ1) is 17.0. The number of esters is 1. The Labute approximate surface area is 120 Å². The molecule has 1 rings (SSSR count). The molecule has 0 amide bonds. The molecule has 0 fully saturated rings. The first-order valence-electron chi connectivity index (χ1n) is 6.05. The van der Waals surface area contributed by atoms with Gasteiger partial charge in [-0.3, -0.25) is 0 Å². The Morgan fingerprint density at radius 3 is 2.19 bits per heavy atom. The second-order valence-corrected chi connectivity index (χ2v) is 4.09. The zero-order valence-electron chi connectivity index (χ0n) is 11.9. The van der Waals surface area contributed by atoms with Gasteiger partial charge in [-0.25, -0.2) is 4.79 Å². The van der Waals surface area contributed by atoms with Crippen molar-refractivity contribution >= 4 is 5.97 Å². The molecule has 0 aromatic heterocycles. The summed E-state index contributed by atoms with van der Waals surface area (Å²) in [5.41, 5.74) is 5.27. The van der Waals surface area contributed by atoms with Crippen molar-refractivity contribution in [2.75, 3.05) is 20.8 Å². The fourth-order valence-electron chi connectivity index (χ4n) is 1.77. The van der Waals surface area contributed by atoms with Crippen LogP contribution in [0.15, 0.2) is 12.1 Å². The van der Waals surface area contributed by atoms with Crippen molar-refractivity contribution in [2.24, 2.45) is 5.73 Å². The standard InChI is InChI=1S/C13H17F2NO5/c1-4-21-12(18)13(14,15)11(16)10-8(19-2)5-7(17)6-9(10)20-3/h5-6,11,17H,4,16H2,1-3H3/t11-/m1/s1. The third kappa shape index (κ3) is 3.33. The van der Waals surface area contributed by atoms with Crippen LogP contribution in [-0.2, 0) is 9.53 Å². The number of carbonyl (C=O) groups excluding carboxylic acids is 1. The van der Waals surface area contributed by atoms with Gasteiger partial charge < -0.3 is 25.1 Å². The minimum Gasteiger partial charge on any atom is -0.508 e. The van der Waals surface area contributed by atoms with Gasteiger partial charge in [0.2, 0.25) is 0 Å². The number of ether oxygens (including phenoxy) is 3. The Morgan fingerprint density at radius 1 is 1.33 bits per heavy atom. The summed E-state index contributed by atoms with van der Waals surface area (Å²) in [6.07, 6.45) is 0. The van der Waals surface area contributed by atoms with Crippen molar-refractivity contribution in [3.8, 4) is 17.2 Å². The summed E-state index contributed by atoms with van der Waals surface area (Å²) in [6, 6.07) is 0.139. The first-order chi connectivity index (χ1) is 9.79. The zero-order chi connectivity index (χ0) is 16.2. The van der Waals surface area contributed by atoms with Gasteiger partial charge in [-0.15, -0.1) is 0 Å². The summed E-state index contributed by atoms with van der Waals surface area (Å²) in [5, 5.41) is 9.48. The second kappa shape index (κ2) is 6.57. The minimum absolute atomic E-state index is 0.122. The Kier molecular flexibility index (Phi) is 5.31. The highest BCUT2D eigenvalue weighted by molar-refractivity contribution is 5.79. The molecule has 0 aliphatic carbocycles. The van der Waals surface area contributed by atoms with Gasteiger partial charge in [-0.05, 0) is 6.92 Å². The molecule has 0 aliphatic rings. The van der Waals surface area contributed by atoms with Crippen LogP contribution in [0, 0.1) is 0 Å². The lowest BCUT2D eigenvalue weighted by Crippen LogP contribution is -2.42. The molecule has 0 radical (unpaired) electrons. The molecule has 0 saturated heterocycles. The largest absolute Gasteiger partial charge is 0.508 e. The van der Waals surface area contributed by atoms with E-state index in [-0.39, 0.29) is 29.4 Å². The van der Waals surface area contributed by atoms with Crippen LogP contribution in [0.1, 0.15) is 18.5 Å². The third-order valence-corrected chi connectivity index (χ3v) is 2.78. The molecule has 118 valence electrons. The van der Waals surface area contributed by atoms with Crippen molar-refractivity contribution < 1.29 is 32.9 Å². The maximum atomic E-state index is 14.0. The molecule has 8 heteroatoms. The lowest BCUT2D eigenvalue weighted by Gasteiger charge is -2.25. The lowest BCUT2D eigenvalue weighted by atomic mass is 9.98. The van der Waals surface area contributed by atoms with Crippen LogP contribution in [0.4, 0.5) is 8.78 Å². The molecular weight excluding hydrogens is 288 g/mol. The molecule has 3 N–H and O–H groups in total. The Hall–Kier alpha value is -2.09. The summed E-state index contributed by atoms with van der Waals surface area (Å²) in [5.74, 6) is -6.21. The number of hydrogen-bond acceptors (Lipinski definition) is 6. The topological polar surface area (TPSA) is 91.0 Å². The summed E-state index contributed by atoms with van der Waals surface area (Å²) < 4.78 is 42.2. The summed E-state index contributed by atoms with van der Waals surface area (Å²) in [7, 11) is 2.43. The first-order valence-corrected chi connectivity index (χ1v) is 6.05. The number of carbonyl (C=O) groups is 1. The van der Waals surface area contributed by atoms with E-state index in [9.17, 15) is 18.7 Å². The average molecular weight is 305 g/mol. The number of phenols is 1. The maximum absolute atomic E-state index is 14.0. The van der Waals surface area contributed by atoms with Crippen molar-refractivity contribution in [2.45, 2.75) is 18.9 Å². The number of nitrogens with two attached hydrogens (primary N) is 1. The molecule has 0 aliphatic heterocycles. The second-order valence-electron chi connectivity index (χ2n) is 4.09. The minimum atomic E-state index is -3.98. The summed E-state index contributed by atoms with van der Waals surface area (Å²) in [4.78, 5) is 11.4. The van der Waals surface area contributed by atoms with Crippen molar-refractivity contribution in [3.05, 3.63) is 17.7 Å². The number of alkyl halides is 2. The van der Waals surface area contributed by atoms with E-state index in [1.165, 1.54) is 21.1 Å². The Balaban J connectivity index is 3.34. The normalized spacial score (nSPS) is 12.7. The number of methoxy groups -OCH3 is 2. The smallest absolute Gasteiger partial charge is 0.379 e. The SMILES string of the molecule is CCOC(=O)C(F)(F)[C@H](N)c1c(OC)cc(O)cc1OC. The number of phenolic OH excluding ortho intramolecular Hbond substituents is 1. The van der Waals surface area contributed by atoms with E-state index >= 15 is 0 Å². The van der Waals surface area contributed by atoms with Gasteiger partial charge in [0.25, 0.3) is 0 Å². The number of hydrogen-bond donors (Lipinski definition) is 2. The average Bonchev–Trinajstić information content (AvgIpc) is 2.45. The van der Waals surface area contributed by atoms with Gasteiger partial charge in [0.05, 0.1) is 26.4 Å². The maximum Gasteiger partial charge on any atom is 0.379 e. The van der Waals surface area contributed by atoms with Gasteiger partial charge in [-0.2, -0.15) is 8.78 Å². The highest BCUT2D eigenvalue weighted by atomic mass is 19.3. The van der Waals surface area contributed by atoms with Crippen LogP contribution in [0.2, 0.25) is 0 Å². The highest BCUT2D eigenvalue weighted by Gasteiger charge is 2.49. The van der Waals surface area contributed by atoms with Crippen LogP contribution < -0.4 is 15.2 Å². The molecule has 1 aromatic rings. The van der Waals surface area contributed by atoms with Gasteiger partial charge in [0, 0.05) is 12.1 Å². The molecule has 0 unspecified atom stereocenters. The summed E-state index contributed by atoms with van der Waals surface area (Å²) in [6.45, 7) is 1.20. The fraction of sp³-hybridized carbons (Fsp3) is 0.462. The van der Waals surface area contributed by atoms with Crippen LogP contribution in [0.3, 0.4) is 0 Å². The quantitative estimate of drug-likeness (QED) is 0.776. The molecule has 0 spiro atoms. The Bertz CT molecular complexity index is 496. The van der Waals surface area contributed by atoms with Crippen LogP contribution in [0.25, 0.3) is 0 Å². The Morgan fingerprint density at radius 2 is 1.81 bits per heavy atom. The van der Waals surface area contributed by atoms with Crippen LogP contribution in [0.5, 0.6) is 17.2 Å². The molecule has 1 atom stereocenters. The van der Waals surface area contributed by atoms with Crippen LogP contribution >= 0.6 is 0 Å². The number of aromatic hydroxyl groups is 1. The van der Waals surface area contributed by atoms with E-state index in [1.807, 2.05) is 0 Å². The third-order valence-electron chi connectivity index (χ3n) is 2.78. The van der Waals surface area contributed by atoms with E-state index < -0.39 is 17.9 Å². The molecular formula is C13H17F2NO5. The van der Waals surface area contributed by atoms with Crippen molar-refractivity contribution in [3.63, 3.8) is 0 Å². The fourth-order valence-corrected chi connectivity index (χ4v) is 1.77. The van der Waals surface area contributed by atoms with E-state index in [0.29, 0.717) is 0 Å². The van der Waals surface area contributed by atoms with E-state index in [2.05, 4.69) is 4.74 Å². The predicted molar refractivity (Wildman–Crippen MR) is 69.7 cm³/mol. The number of halogens is 2. The molecule has 1 aromatic carbocycles. The lowest BCUT2D eigenvalue weighted by molar-refractivity contribution is -0.174. The molecule has 0 saturated carbocycles. The van der Waals surface area contributed by atoms with E-state index in [4.69, 9.17) is 15.2 Å². The highest BCUT2D eigenvalue weighted by Crippen LogP contribution is 2.42. The van der Waals surface area contributed by atoms with E-state index in [1.54, 1.807) is 0 Å². The van der Waals surface area contributed by atoms with Crippen molar-refractivity contribution in [1.29, 1.82) is 0 Å².